The third-order valence-electron chi connectivity index (χ3n) is 3.88. The van der Waals surface area contributed by atoms with Crippen LogP contribution in [0, 0.1) is 6.92 Å². The average Bonchev–Trinajstić information content (AvgIpc) is 2.95. The molecule has 162 valence electrons. The Morgan fingerprint density at radius 2 is 1.50 bits per heavy atom. The van der Waals surface area contributed by atoms with Crippen molar-refractivity contribution in [3.05, 3.63) is 52.8 Å². The summed E-state index contributed by atoms with van der Waals surface area (Å²) in [7, 11) is 0. The van der Waals surface area contributed by atoms with E-state index >= 15 is 0 Å². The molecular weight excluding hydrogens is 407 g/mol. The predicted molar refractivity (Wildman–Crippen MR) is 101 cm³/mol. The normalized spacial score (nSPS) is 11.0. The summed E-state index contributed by atoms with van der Waals surface area (Å²) in [6.45, 7) is 3.67. The van der Waals surface area contributed by atoms with Gasteiger partial charge in [0.25, 0.3) is 0 Å². The molecule has 2 aromatic rings. The van der Waals surface area contributed by atoms with Crippen LogP contribution >= 0.6 is 0 Å². The van der Waals surface area contributed by atoms with Gasteiger partial charge in [-0.15, -0.1) is 0 Å². The summed E-state index contributed by atoms with van der Waals surface area (Å²) < 4.78 is 51.5. The summed E-state index contributed by atoms with van der Waals surface area (Å²) in [4.78, 5) is 36.9. The molecule has 0 bridgehead atoms. The molecule has 0 saturated heterocycles. The number of ether oxygens (including phenoxy) is 2. The number of benzene rings is 1. The molecule has 1 heterocycles. The van der Waals surface area contributed by atoms with E-state index in [4.69, 9.17) is 9.47 Å². The van der Waals surface area contributed by atoms with Gasteiger partial charge in [0.1, 0.15) is 5.56 Å². The topological polar surface area (TPSA) is 98.7 Å². The number of nitrogens with zero attached hydrogens (tertiary/aromatic N) is 1. The van der Waals surface area contributed by atoms with Gasteiger partial charge in [0.15, 0.2) is 5.69 Å². The van der Waals surface area contributed by atoms with Crippen LogP contribution in [-0.4, -0.2) is 35.9 Å². The molecule has 0 unspecified atom stereocenters. The maximum absolute atomic E-state index is 13.9. The van der Waals surface area contributed by atoms with E-state index in [1.54, 1.807) is 18.2 Å². The second-order valence-corrected chi connectivity index (χ2v) is 5.89. The summed E-state index contributed by atoms with van der Waals surface area (Å²) in [6.07, 6.45) is -5.10. The molecule has 0 aliphatic heterocycles. The van der Waals surface area contributed by atoms with Crippen LogP contribution in [0.3, 0.4) is 0 Å². The van der Waals surface area contributed by atoms with Crippen molar-refractivity contribution in [2.75, 3.05) is 24.0 Å². The van der Waals surface area contributed by atoms with Gasteiger partial charge in [0.05, 0.1) is 24.5 Å². The number of nitrogens with one attached hydrogen (secondary N) is 2. The molecule has 2 rings (SSSR count). The molecule has 1 aromatic heterocycles. The zero-order chi connectivity index (χ0) is 22.5. The Morgan fingerprint density at radius 1 is 0.967 bits per heavy atom. The number of aromatic nitrogens is 1. The Labute approximate surface area is 169 Å². The highest BCUT2D eigenvalue weighted by Gasteiger charge is 2.45. The first kappa shape index (κ1) is 22.8. The zero-order valence-electron chi connectivity index (χ0n) is 16.4. The van der Waals surface area contributed by atoms with E-state index in [-0.39, 0.29) is 18.9 Å². The number of para-hydroxylation sites is 1. The van der Waals surface area contributed by atoms with Crippen LogP contribution in [0.2, 0.25) is 0 Å². The molecule has 2 N–H and O–H groups in total. The van der Waals surface area contributed by atoms with E-state index in [1.807, 2.05) is 5.43 Å². The minimum Gasteiger partial charge on any atom is -0.462 e. The Kier molecular flexibility index (Phi) is 7.09. The molecule has 0 saturated carbocycles. The van der Waals surface area contributed by atoms with Crippen molar-refractivity contribution < 1.29 is 37.0 Å². The van der Waals surface area contributed by atoms with Gasteiger partial charge in [-0.2, -0.15) is 13.2 Å². The Morgan fingerprint density at radius 3 is 2.00 bits per heavy atom. The fourth-order valence-corrected chi connectivity index (χ4v) is 2.74. The predicted octanol–water partition coefficient (Wildman–Crippen LogP) is 3.94. The SMILES string of the molecule is CCOC(=O)c1c(C(=O)OCC)c(C(F)(F)F)n(NC(=O)Nc2ccccc2)c1C. The first-order valence-corrected chi connectivity index (χ1v) is 8.91. The lowest BCUT2D eigenvalue weighted by atomic mass is 10.1. The zero-order valence-corrected chi connectivity index (χ0v) is 16.4. The van der Waals surface area contributed by atoms with Crippen molar-refractivity contribution in [1.29, 1.82) is 0 Å². The molecular formula is C19H20F3N3O5. The maximum atomic E-state index is 13.9. The van der Waals surface area contributed by atoms with Crippen molar-refractivity contribution in [1.82, 2.24) is 4.68 Å². The maximum Gasteiger partial charge on any atom is 0.434 e. The second-order valence-electron chi connectivity index (χ2n) is 5.89. The lowest BCUT2D eigenvalue weighted by Gasteiger charge is -2.16. The van der Waals surface area contributed by atoms with Crippen LogP contribution in [0.25, 0.3) is 0 Å². The molecule has 0 atom stereocenters. The van der Waals surface area contributed by atoms with Crippen LogP contribution in [-0.2, 0) is 15.7 Å². The summed E-state index contributed by atoms with van der Waals surface area (Å²) in [5, 5.41) is 2.36. The molecule has 30 heavy (non-hydrogen) atoms. The van der Waals surface area contributed by atoms with Crippen molar-refractivity contribution in [2.45, 2.75) is 26.9 Å². The highest BCUT2D eigenvalue weighted by Crippen LogP contribution is 2.37. The molecule has 0 fully saturated rings. The van der Waals surface area contributed by atoms with Gasteiger partial charge in [-0.05, 0) is 32.9 Å². The third kappa shape index (κ3) is 4.91. The van der Waals surface area contributed by atoms with Crippen LogP contribution in [0.5, 0.6) is 0 Å². The summed E-state index contributed by atoms with van der Waals surface area (Å²) in [5.41, 5.74) is -1.21. The van der Waals surface area contributed by atoms with Gasteiger partial charge in [-0.3, -0.25) is 0 Å². The van der Waals surface area contributed by atoms with E-state index in [9.17, 15) is 27.6 Å². The van der Waals surface area contributed by atoms with Gasteiger partial charge < -0.3 is 14.8 Å². The molecule has 8 nitrogen and oxygen atoms in total. The van der Waals surface area contributed by atoms with Gasteiger partial charge >= 0.3 is 24.1 Å². The average molecular weight is 427 g/mol. The van der Waals surface area contributed by atoms with Crippen LogP contribution in [0.1, 0.15) is 46.0 Å². The van der Waals surface area contributed by atoms with Gasteiger partial charge in [0, 0.05) is 5.69 Å². The first-order chi connectivity index (χ1) is 14.1. The number of carbonyl (C=O) groups excluding carboxylic acids is 3. The Hall–Kier alpha value is -3.50. The molecule has 1 aromatic carbocycles. The van der Waals surface area contributed by atoms with E-state index < -0.39 is 41.0 Å². The minimum atomic E-state index is -5.10. The van der Waals surface area contributed by atoms with Crippen LogP contribution in [0.15, 0.2) is 30.3 Å². The largest absolute Gasteiger partial charge is 0.462 e. The number of hydrogen-bond acceptors (Lipinski definition) is 5. The number of esters is 2. The third-order valence-corrected chi connectivity index (χ3v) is 3.88. The number of anilines is 1. The quantitative estimate of drug-likeness (QED) is 0.681. The number of rotatable bonds is 6. The first-order valence-electron chi connectivity index (χ1n) is 8.91. The molecule has 0 aliphatic rings. The molecule has 0 radical (unpaired) electrons. The summed E-state index contributed by atoms with van der Waals surface area (Å²) >= 11 is 0. The fraction of sp³-hybridized carbons (Fsp3) is 0.316. The summed E-state index contributed by atoms with van der Waals surface area (Å²) in [5.74, 6) is -2.51. The Bertz CT molecular complexity index is 939. The van der Waals surface area contributed by atoms with Crippen LogP contribution < -0.4 is 10.7 Å². The standard InChI is InChI=1S/C19H20F3N3O5/c1-4-29-16(26)13-11(3)25(24-18(28)23-12-9-7-6-8-10-12)15(19(20,21)22)14(13)17(27)30-5-2/h6-10H,4-5H2,1-3H3,(H2,23,24,28). The van der Waals surface area contributed by atoms with E-state index in [0.29, 0.717) is 10.4 Å². The number of urea groups is 1. The fourth-order valence-electron chi connectivity index (χ4n) is 2.74. The molecule has 2 amide bonds. The number of carbonyl (C=O) groups is 3. The van der Waals surface area contributed by atoms with Crippen molar-refractivity contribution in [3.63, 3.8) is 0 Å². The summed E-state index contributed by atoms with van der Waals surface area (Å²) in [6, 6.07) is 6.97. The number of alkyl halides is 3. The van der Waals surface area contributed by atoms with Gasteiger partial charge in [-0.1, -0.05) is 18.2 Å². The van der Waals surface area contributed by atoms with Gasteiger partial charge in [0.2, 0.25) is 0 Å². The highest BCUT2D eigenvalue weighted by atomic mass is 19.4. The van der Waals surface area contributed by atoms with E-state index in [2.05, 4.69) is 5.32 Å². The number of halogens is 3. The molecule has 11 heteroatoms. The highest BCUT2D eigenvalue weighted by molar-refractivity contribution is 6.06. The smallest absolute Gasteiger partial charge is 0.434 e. The monoisotopic (exact) mass is 427 g/mol. The molecule has 0 aliphatic carbocycles. The van der Waals surface area contributed by atoms with Crippen molar-refractivity contribution >= 4 is 23.7 Å². The number of hydrogen-bond donors (Lipinski definition) is 2. The Balaban J connectivity index is 2.60. The lowest BCUT2D eigenvalue weighted by molar-refractivity contribution is -0.143. The van der Waals surface area contributed by atoms with Gasteiger partial charge in [-0.25, -0.2) is 24.5 Å². The van der Waals surface area contributed by atoms with E-state index in [1.165, 1.54) is 26.0 Å². The molecule has 0 spiro atoms. The minimum absolute atomic E-state index is 0.130. The van der Waals surface area contributed by atoms with Crippen LogP contribution in [0.4, 0.5) is 23.7 Å². The lowest BCUT2D eigenvalue weighted by Crippen LogP contribution is -2.32. The van der Waals surface area contributed by atoms with Crippen molar-refractivity contribution in [3.8, 4) is 0 Å². The second kappa shape index (κ2) is 9.33. The van der Waals surface area contributed by atoms with E-state index in [0.717, 1.165) is 6.92 Å². The number of amides is 2. The van der Waals surface area contributed by atoms with Crippen molar-refractivity contribution in [2.24, 2.45) is 0 Å².